The van der Waals surface area contributed by atoms with Gasteiger partial charge in [0.1, 0.15) is 5.01 Å². The van der Waals surface area contributed by atoms with Crippen molar-refractivity contribution >= 4 is 28.6 Å². The van der Waals surface area contributed by atoms with Gasteiger partial charge in [0.25, 0.3) is 0 Å². The Labute approximate surface area is 151 Å². The number of aryl methyl sites for hydroxylation is 3. The first-order chi connectivity index (χ1) is 11.7. The summed E-state index contributed by atoms with van der Waals surface area (Å²) in [6.07, 6.45) is 5.93. The van der Waals surface area contributed by atoms with Gasteiger partial charge in [-0.15, -0.1) is 22.7 Å². The summed E-state index contributed by atoms with van der Waals surface area (Å²) in [5.74, 6) is 0.884. The van der Waals surface area contributed by atoms with Crippen molar-refractivity contribution in [3.05, 3.63) is 31.7 Å². The van der Waals surface area contributed by atoms with E-state index >= 15 is 0 Å². The first-order valence-corrected chi connectivity index (χ1v) is 10.2. The van der Waals surface area contributed by atoms with Crippen molar-refractivity contribution in [3.63, 3.8) is 0 Å². The Kier molecular flexibility index (Phi) is 5.84. The fourth-order valence-electron chi connectivity index (χ4n) is 2.90. The normalized spacial score (nSPS) is 14.5. The van der Waals surface area contributed by atoms with E-state index in [9.17, 15) is 0 Å². The molecule has 0 spiro atoms. The molecule has 0 atom stereocenters. The lowest BCUT2D eigenvalue weighted by Crippen LogP contribution is -2.38. The van der Waals surface area contributed by atoms with Crippen LogP contribution in [0.3, 0.4) is 0 Å². The minimum absolute atomic E-state index is 0.710. The summed E-state index contributed by atoms with van der Waals surface area (Å²) in [4.78, 5) is 17.4. The number of aromatic nitrogens is 2. The highest BCUT2D eigenvalue weighted by molar-refractivity contribution is 7.11. The standard InChI is InChI=1S/C17H25N5S2/c1-4-15-20-12(11-23-15)9-19-17(18-2)22(3)10-16-21-13-7-5-6-8-14(13)24-16/h11H,4-10H2,1-3H3,(H,18,19). The molecule has 3 rings (SSSR count). The molecule has 0 aliphatic heterocycles. The zero-order valence-corrected chi connectivity index (χ0v) is 16.3. The average molecular weight is 364 g/mol. The van der Waals surface area contributed by atoms with Crippen molar-refractivity contribution < 1.29 is 0 Å². The van der Waals surface area contributed by atoms with E-state index in [4.69, 9.17) is 4.98 Å². The molecule has 2 aromatic heterocycles. The molecule has 2 aromatic rings. The van der Waals surface area contributed by atoms with Gasteiger partial charge in [0, 0.05) is 24.4 Å². The maximum atomic E-state index is 4.82. The smallest absolute Gasteiger partial charge is 0.194 e. The maximum Gasteiger partial charge on any atom is 0.194 e. The van der Waals surface area contributed by atoms with Crippen LogP contribution in [-0.2, 0) is 32.4 Å². The van der Waals surface area contributed by atoms with Crippen molar-refractivity contribution in [1.29, 1.82) is 0 Å². The predicted octanol–water partition coefficient (Wildman–Crippen LogP) is 3.25. The summed E-state index contributed by atoms with van der Waals surface area (Å²) in [5.41, 5.74) is 2.41. The molecule has 7 heteroatoms. The number of nitrogens with zero attached hydrogens (tertiary/aromatic N) is 4. The largest absolute Gasteiger partial charge is 0.351 e. The van der Waals surface area contributed by atoms with Gasteiger partial charge in [-0.2, -0.15) is 0 Å². The number of fused-ring (bicyclic) bond motifs is 1. The van der Waals surface area contributed by atoms with E-state index in [1.54, 1.807) is 11.3 Å². The number of nitrogens with one attached hydrogen (secondary N) is 1. The lowest BCUT2D eigenvalue weighted by atomic mass is 10.0. The van der Waals surface area contributed by atoms with E-state index in [0.29, 0.717) is 6.54 Å². The molecule has 24 heavy (non-hydrogen) atoms. The minimum atomic E-state index is 0.710. The van der Waals surface area contributed by atoms with Gasteiger partial charge in [-0.3, -0.25) is 4.99 Å². The van der Waals surface area contributed by atoms with Gasteiger partial charge >= 0.3 is 0 Å². The van der Waals surface area contributed by atoms with E-state index in [2.05, 4.69) is 39.5 Å². The Bertz CT molecular complexity index is 680. The number of hydrogen-bond donors (Lipinski definition) is 1. The Balaban J connectivity index is 1.57. The highest BCUT2D eigenvalue weighted by Crippen LogP contribution is 2.27. The van der Waals surface area contributed by atoms with Crippen LogP contribution < -0.4 is 5.32 Å². The molecule has 0 amide bonds. The van der Waals surface area contributed by atoms with E-state index in [-0.39, 0.29) is 0 Å². The molecule has 0 saturated carbocycles. The molecule has 0 fully saturated rings. The second kappa shape index (κ2) is 8.07. The van der Waals surface area contributed by atoms with Crippen molar-refractivity contribution in [3.8, 4) is 0 Å². The van der Waals surface area contributed by atoms with Crippen LogP contribution >= 0.6 is 22.7 Å². The van der Waals surface area contributed by atoms with Crippen molar-refractivity contribution in [2.45, 2.75) is 52.1 Å². The molecule has 0 unspecified atom stereocenters. The van der Waals surface area contributed by atoms with Crippen molar-refractivity contribution in [2.24, 2.45) is 4.99 Å². The number of thiazole rings is 2. The van der Waals surface area contributed by atoms with E-state index < -0.39 is 0 Å². The third-order valence-corrected chi connectivity index (χ3v) is 6.35. The number of aliphatic imine (C=N–C) groups is 1. The second-order valence-corrected chi connectivity index (χ2v) is 8.14. The average Bonchev–Trinajstić information content (AvgIpc) is 3.21. The predicted molar refractivity (Wildman–Crippen MR) is 102 cm³/mol. The van der Waals surface area contributed by atoms with Gasteiger partial charge in [0.15, 0.2) is 5.96 Å². The fraction of sp³-hybridized carbons (Fsp3) is 0.588. The third kappa shape index (κ3) is 4.13. The summed E-state index contributed by atoms with van der Waals surface area (Å²) >= 11 is 3.59. The molecule has 0 saturated heterocycles. The molecule has 0 radical (unpaired) electrons. The molecule has 1 aliphatic carbocycles. The molecular formula is C17H25N5S2. The fourth-order valence-corrected chi connectivity index (χ4v) is 4.85. The molecule has 1 N–H and O–H groups in total. The van der Waals surface area contributed by atoms with Gasteiger partial charge < -0.3 is 10.2 Å². The van der Waals surface area contributed by atoms with Gasteiger partial charge in [-0.1, -0.05) is 6.92 Å². The maximum absolute atomic E-state index is 4.82. The molecule has 0 aromatic carbocycles. The lowest BCUT2D eigenvalue weighted by Gasteiger charge is -2.20. The van der Waals surface area contributed by atoms with E-state index in [1.165, 1.54) is 39.8 Å². The third-order valence-electron chi connectivity index (χ3n) is 4.17. The molecule has 1 aliphatic rings. The summed E-state index contributed by atoms with van der Waals surface area (Å²) in [5, 5.41) is 7.89. The highest BCUT2D eigenvalue weighted by Gasteiger charge is 2.17. The van der Waals surface area contributed by atoms with Crippen LogP contribution in [0.15, 0.2) is 10.4 Å². The van der Waals surface area contributed by atoms with Gasteiger partial charge in [0.2, 0.25) is 0 Å². The number of hydrogen-bond acceptors (Lipinski definition) is 5. The first kappa shape index (κ1) is 17.4. The SMILES string of the molecule is CCc1nc(CNC(=NC)N(C)Cc2nc3c(s2)CCCC3)cs1. The summed E-state index contributed by atoms with van der Waals surface area (Å²) in [7, 11) is 3.89. The second-order valence-electron chi connectivity index (χ2n) is 6.03. The summed E-state index contributed by atoms with van der Waals surface area (Å²) in [6, 6.07) is 0. The van der Waals surface area contributed by atoms with Crippen molar-refractivity contribution in [2.75, 3.05) is 14.1 Å². The Morgan fingerprint density at radius 2 is 2.12 bits per heavy atom. The molecule has 0 bridgehead atoms. The lowest BCUT2D eigenvalue weighted by molar-refractivity contribution is 0.474. The zero-order valence-electron chi connectivity index (χ0n) is 14.6. The number of rotatable bonds is 5. The quantitative estimate of drug-likeness (QED) is 0.654. The summed E-state index contributed by atoms with van der Waals surface area (Å²) < 4.78 is 0. The highest BCUT2D eigenvalue weighted by atomic mass is 32.1. The number of guanidine groups is 1. The Morgan fingerprint density at radius 3 is 2.83 bits per heavy atom. The van der Waals surface area contributed by atoms with Crippen molar-refractivity contribution in [1.82, 2.24) is 20.2 Å². The van der Waals surface area contributed by atoms with Crippen LogP contribution in [0.2, 0.25) is 0 Å². The monoisotopic (exact) mass is 363 g/mol. The first-order valence-electron chi connectivity index (χ1n) is 8.52. The Hall–Kier alpha value is -1.47. The van der Waals surface area contributed by atoms with E-state index in [0.717, 1.165) is 31.0 Å². The minimum Gasteiger partial charge on any atom is -0.351 e. The van der Waals surface area contributed by atoms with Crippen LogP contribution in [0.1, 0.15) is 46.0 Å². The van der Waals surface area contributed by atoms with Gasteiger partial charge in [-0.25, -0.2) is 9.97 Å². The van der Waals surface area contributed by atoms with Crippen LogP contribution in [0.4, 0.5) is 0 Å². The molecule has 130 valence electrons. The van der Waals surface area contributed by atoms with Gasteiger partial charge in [0.05, 0.1) is 29.5 Å². The Morgan fingerprint density at radius 1 is 1.29 bits per heavy atom. The van der Waals surface area contributed by atoms with Gasteiger partial charge in [-0.05, 0) is 32.1 Å². The van der Waals surface area contributed by atoms with Crippen LogP contribution in [0, 0.1) is 0 Å². The van der Waals surface area contributed by atoms with E-state index in [1.807, 2.05) is 18.4 Å². The van der Waals surface area contributed by atoms with Crippen LogP contribution in [0.5, 0.6) is 0 Å². The molecular weight excluding hydrogens is 338 g/mol. The van der Waals surface area contributed by atoms with Crippen LogP contribution in [0.25, 0.3) is 0 Å². The summed E-state index contributed by atoms with van der Waals surface area (Å²) in [6.45, 7) is 3.65. The molecule has 5 nitrogen and oxygen atoms in total. The zero-order chi connectivity index (χ0) is 16.9. The molecule has 2 heterocycles. The topological polar surface area (TPSA) is 53.4 Å². The van der Waals surface area contributed by atoms with Crippen LogP contribution in [-0.4, -0.2) is 34.9 Å².